The van der Waals surface area contributed by atoms with Crippen LogP contribution < -0.4 is 5.32 Å². The summed E-state index contributed by atoms with van der Waals surface area (Å²) in [7, 11) is 0. The smallest absolute Gasteiger partial charge is 0.0431 e. The zero-order valence-corrected chi connectivity index (χ0v) is 9.71. The van der Waals surface area contributed by atoms with E-state index in [1.54, 1.807) is 0 Å². The van der Waals surface area contributed by atoms with Crippen molar-refractivity contribution in [1.82, 2.24) is 10.3 Å². The highest BCUT2D eigenvalue weighted by atomic mass is 16.2. The molecule has 1 heterocycles. The molecule has 0 amide bonds. The van der Waals surface area contributed by atoms with Crippen molar-refractivity contribution in [3.8, 4) is 0 Å². The van der Waals surface area contributed by atoms with Gasteiger partial charge in [0.25, 0.3) is 0 Å². The molecule has 0 radical (unpaired) electrons. The molecule has 0 aliphatic carbocycles. The Morgan fingerprint density at radius 3 is 2.80 bits per heavy atom. The van der Waals surface area contributed by atoms with Gasteiger partial charge in [-0.3, -0.25) is 0 Å². The quantitative estimate of drug-likeness (QED) is 0.599. The second-order valence-electron chi connectivity index (χ2n) is 4.58. The van der Waals surface area contributed by atoms with Crippen molar-refractivity contribution < 1.29 is 5.11 Å². The number of H-pyrrole nitrogens is 1. The molecule has 0 atom stereocenters. The summed E-state index contributed by atoms with van der Waals surface area (Å²) in [6, 6.07) is 4.15. The molecule has 0 unspecified atom stereocenters. The predicted octanol–water partition coefficient (Wildman–Crippen LogP) is 1.65. The Morgan fingerprint density at radius 2 is 2.20 bits per heavy atom. The van der Waals surface area contributed by atoms with Crippen molar-refractivity contribution in [3.63, 3.8) is 0 Å². The Labute approximate surface area is 91.9 Å². The van der Waals surface area contributed by atoms with E-state index in [1.165, 1.54) is 5.69 Å². The van der Waals surface area contributed by atoms with Crippen LogP contribution in [-0.2, 0) is 5.41 Å². The molecule has 0 spiro atoms. The van der Waals surface area contributed by atoms with E-state index >= 15 is 0 Å². The highest BCUT2D eigenvalue weighted by molar-refractivity contribution is 5.15. The number of hydrogen-bond acceptors (Lipinski definition) is 2. The molecule has 1 aromatic heterocycles. The second kappa shape index (κ2) is 5.93. The topological polar surface area (TPSA) is 48.0 Å². The van der Waals surface area contributed by atoms with Crippen molar-refractivity contribution in [3.05, 3.63) is 24.0 Å². The van der Waals surface area contributed by atoms with Crippen LogP contribution in [0.1, 0.15) is 32.4 Å². The predicted molar refractivity (Wildman–Crippen MR) is 63.0 cm³/mol. The fraction of sp³-hybridized carbons (Fsp3) is 0.667. The van der Waals surface area contributed by atoms with Gasteiger partial charge in [-0.1, -0.05) is 13.8 Å². The minimum Gasteiger partial charge on any atom is -0.396 e. The number of unbranched alkanes of at least 4 members (excludes halogenated alkanes) is 1. The Morgan fingerprint density at radius 1 is 1.40 bits per heavy atom. The molecule has 0 saturated heterocycles. The molecular formula is C12H22N2O. The van der Waals surface area contributed by atoms with Crippen molar-refractivity contribution in [2.75, 3.05) is 19.7 Å². The third-order valence-electron chi connectivity index (χ3n) is 2.66. The van der Waals surface area contributed by atoms with Gasteiger partial charge in [0.15, 0.2) is 0 Å². The molecule has 0 bridgehead atoms. The molecule has 3 heteroatoms. The standard InChI is InChI=1S/C12H22N2O/c1-12(2,11-6-5-8-14-11)10-13-7-3-4-9-15/h5-6,8,13-15H,3-4,7,9-10H2,1-2H3. The van der Waals surface area contributed by atoms with E-state index < -0.39 is 0 Å². The van der Waals surface area contributed by atoms with E-state index in [0.717, 1.165) is 25.9 Å². The fourth-order valence-corrected chi connectivity index (χ4v) is 1.61. The van der Waals surface area contributed by atoms with Crippen molar-refractivity contribution >= 4 is 0 Å². The van der Waals surface area contributed by atoms with Crippen LogP contribution in [0.4, 0.5) is 0 Å². The maximum Gasteiger partial charge on any atom is 0.0431 e. The summed E-state index contributed by atoms with van der Waals surface area (Å²) in [4.78, 5) is 3.25. The monoisotopic (exact) mass is 210 g/mol. The van der Waals surface area contributed by atoms with E-state index in [-0.39, 0.29) is 5.41 Å². The van der Waals surface area contributed by atoms with Crippen molar-refractivity contribution in [2.24, 2.45) is 0 Å². The zero-order valence-electron chi connectivity index (χ0n) is 9.71. The molecule has 0 aliphatic heterocycles. The number of hydrogen-bond donors (Lipinski definition) is 3. The lowest BCUT2D eigenvalue weighted by atomic mass is 9.89. The molecule has 0 aromatic carbocycles. The average molecular weight is 210 g/mol. The van der Waals surface area contributed by atoms with Gasteiger partial charge in [0, 0.05) is 30.5 Å². The van der Waals surface area contributed by atoms with E-state index in [1.807, 2.05) is 12.3 Å². The lowest BCUT2D eigenvalue weighted by Crippen LogP contribution is -2.33. The maximum atomic E-state index is 8.64. The highest BCUT2D eigenvalue weighted by Gasteiger charge is 2.20. The molecule has 86 valence electrons. The SMILES string of the molecule is CC(C)(CNCCCCO)c1ccc[nH]1. The van der Waals surface area contributed by atoms with Crippen LogP contribution in [0.5, 0.6) is 0 Å². The fourth-order valence-electron chi connectivity index (χ4n) is 1.61. The molecule has 1 rings (SSSR count). The molecule has 0 fully saturated rings. The zero-order chi connectivity index (χ0) is 11.1. The summed E-state index contributed by atoms with van der Waals surface area (Å²) in [6.45, 7) is 6.67. The molecule has 1 aromatic rings. The summed E-state index contributed by atoms with van der Waals surface area (Å²) in [5.41, 5.74) is 1.40. The lowest BCUT2D eigenvalue weighted by Gasteiger charge is -2.24. The van der Waals surface area contributed by atoms with Crippen LogP contribution in [0.3, 0.4) is 0 Å². The number of rotatable bonds is 7. The summed E-state index contributed by atoms with van der Waals surface area (Å²) in [6.07, 6.45) is 3.89. The number of aromatic amines is 1. The number of aliphatic hydroxyl groups is 1. The minimum absolute atomic E-state index is 0.142. The molecular weight excluding hydrogens is 188 g/mol. The number of aromatic nitrogens is 1. The summed E-state index contributed by atoms with van der Waals surface area (Å²) in [5, 5.41) is 12.1. The van der Waals surface area contributed by atoms with E-state index in [4.69, 9.17) is 5.11 Å². The van der Waals surface area contributed by atoms with Crippen LogP contribution in [0.25, 0.3) is 0 Å². The van der Waals surface area contributed by atoms with Gasteiger partial charge in [-0.25, -0.2) is 0 Å². The van der Waals surface area contributed by atoms with Crippen LogP contribution in [0.2, 0.25) is 0 Å². The van der Waals surface area contributed by atoms with Gasteiger partial charge >= 0.3 is 0 Å². The van der Waals surface area contributed by atoms with E-state index in [9.17, 15) is 0 Å². The van der Waals surface area contributed by atoms with Crippen LogP contribution in [0, 0.1) is 0 Å². The first-order valence-corrected chi connectivity index (χ1v) is 5.62. The lowest BCUT2D eigenvalue weighted by molar-refractivity contribution is 0.283. The molecule has 15 heavy (non-hydrogen) atoms. The molecule has 3 N–H and O–H groups in total. The molecule has 0 aliphatic rings. The van der Waals surface area contributed by atoms with Gasteiger partial charge in [-0.2, -0.15) is 0 Å². The largest absolute Gasteiger partial charge is 0.396 e. The average Bonchev–Trinajstić information content (AvgIpc) is 2.70. The second-order valence-corrected chi connectivity index (χ2v) is 4.58. The Hall–Kier alpha value is -0.800. The normalized spacial score (nSPS) is 11.9. The van der Waals surface area contributed by atoms with Crippen LogP contribution >= 0.6 is 0 Å². The summed E-state index contributed by atoms with van der Waals surface area (Å²) < 4.78 is 0. The van der Waals surface area contributed by atoms with Crippen LogP contribution in [0.15, 0.2) is 18.3 Å². The van der Waals surface area contributed by atoms with Gasteiger partial charge in [-0.15, -0.1) is 0 Å². The Bertz CT molecular complexity index is 255. The third-order valence-corrected chi connectivity index (χ3v) is 2.66. The number of aliphatic hydroxyl groups excluding tert-OH is 1. The van der Waals surface area contributed by atoms with E-state index in [0.29, 0.717) is 6.61 Å². The Balaban J connectivity index is 2.25. The maximum absolute atomic E-state index is 8.64. The Kier molecular flexibility index (Phi) is 4.85. The van der Waals surface area contributed by atoms with Crippen molar-refractivity contribution in [1.29, 1.82) is 0 Å². The van der Waals surface area contributed by atoms with Gasteiger partial charge < -0.3 is 15.4 Å². The van der Waals surface area contributed by atoms with Gasteiger partial charge in [0.2, 0.25) is 0 Å². The minimum atomic E-state index is 0.142. The molecule has 0 saturated carbocycles. The van der Waals surface area contributed by atoms with Gasteiger partial charge in [0.05, 0.1) is 0 Å². The first-order valence-electron chi connectivity index (χ1n) is 5.62. The summed E-state index contributed by atoms with van der Waals surface area (Å²) >= 11 is 0. The first kappa shape index (κ1) is 12.3. The van der Waals surface area contributed by atoms with Crippen molar-refractivity contribution in [2.45, 2.75) is 32.1 Å². The van der Waals surface area contributed by atoms with Crippen LogP contribution in [-0.4, -0.2) is 29.8 Å². The summed E-state index contributed by atoms with van der Waals surface area (Å²) in [5.74, 6) is 0. The van der Waals surface area contributed by atoms with Gasteiger partial charge in [0.1, 0.15) is 0 Å². The highest BCUT2D eigenvalue weighted by Crippen LogP contribution is 2.19. The van der Waals surface area contributed by atoms with Gasteiger partial charge in [-0.05, 0) is 31.5 Å². The first-order chi connectivity index (χ1) is 7.17. The third kappa shape index (κ3) is 4.06. The number of nitrogens with one attached hydrogen (secondary N) is 2. The van der Waals surface area contributed by atoms with E-state index in [2.05, 4.69) is 30.2 Å². The molecule has 3 nitrogen and oxygen atoms in total.